The third-order valence-electron chi connectivity index (χ3n) is 2.19. The van der Waals surface area contributed by atoms with E-state index in [0.29, 0.717) is 32.0 Å². The Morgan fingerprint density at radius 3 is 2.56 bits per heavy atom. The molecular formula is C14H16O4. The molecule has 1 rings (SSSR count). The van der Waals surface area contributed by atoms with E-state index in [1.54, 1.807) is 12.1 Å². The van der Waals surface area contributed by atoms with Gasteiger partial charge in [-0.15, -0.1) is 12.3 Å². The molecule has 18 heavy (non-hydrogen) atoms. The number of carboxylic acids is 1. The predicted octanol–water partition coefficient (Wildman–Crippen LogP) is 2.19. The zero-order chi connectivity index (χ0) is 13.2. The minimum Gasteiger partial charge on any atom is -0.494 e. The summed E-state index contributed by atoms with van der Waals surface area (Å²) in [4.78, 5) is 10.6. The lowest BCUT2D eigenvalue weighted by molar-refractivity contribution is 0.0697. The first-order valence-corrected chi connectivity index (χ1v) is 5.71. The van der Waals surface area contributed by atoms with Crippen LogP contribution in [-0.2, 0) is 4.74 Å². The summed E-state index contributed by atoms with van der Waals surface area (Å²) >= 11 is 0. The number of terminal acetylenes is 1. The Bertz CT molecular complexity index is 403. The van der Waals surface area contributed by atoms with Gasteiger partial charge in [0.15, 0.2) is 0 Å². The lowest BCUT2D eigenvalue weighted by atomic mass is 10.2. The third kappa shape index (κ3) is 5.37. The first kappa shape index (κ1) is 14.1. The molecule has 0 aliphatic heterocycles. The highest BCUT2D eigenvalue weighted by atomic mass is 16.5. The second kappa shape index (κ2) is 8.15. The maximum absolute atomic E-state index is 10.6. The van der Waals surface area contributed by atoms with Crippen LogP contribution in [0.4, 0.5) is 0 Å². The lowest BCUT2D eigenvalue weighted by Gasteiger charge is -2.06. The summed E-state index contributed by atoms with van der Waals surface area (Å²) in [5.74, 6) is 2.21. The van der Waals surface area contributed by atoms with Crippen LogP contribution in [0, 0.1) is 12.3 Å². The van der Waals surface area contributed by atoms with Crippen LogP contribution in [0.3, 0.4) is 0 Å². The summed E-state index contributed by atoms with van der Waals surface area (Å²) in [5.41, 5.74) is 0.250. The number of carbonyl (C=O) groups is 1. The van der Waals surface area contributed by atoms with E-state index < -0.39 is 5.97 Å². The fraction of sp³-hybridized carbons (Fsp3) is 0.357. The lowest BCUT2D eigenvalue weighted by Crippen LogP contribution is -2.04. The zero-order valence-electron chi connectivity index (χ0n) is 10.1. The van der Waals surface area contributed by atoms with Gasteiger partial charge in [0.25, 0.3) is 0 Å². The molecule has 0 unspecified atom stereocenters. The predicted molar refractivity (Wildman–Crippen MR) is 67.8 cm³/mol. The van der Waals surface area contributed by atoms with Crippen LogP contribution in [-0.4, -0.2) is 30.9 Å². The van der Waals surface area contributed by atoms with Crippen molar-refractivity contribution in [2.45, 2.75) is 12.8 Å². The molecule has 4 nitrogen and oxygen atoms in total. The van der Waals surface area contributed by atoms with Crippen molar-refractivity contribution in [1.29, 1.82) is 0 Å². The van der Waals surface area contributed by atoms with Crippen LogP contribution >= 0.6 is 0 Å². The smallest absolute Gasteiger partial charge is 0.335 e. The van der Waals surface area contributed by atoms with Gasteiger partial charge >= 0.3 is 5.97 Å². The standard InChI is InChI=1S/C14H16O4/c1-2-3-9-17-10-4-11-18-13-7-5-12(6-8-13)14(15)16/h1,5-8H,3-4,9-11H2,(H,15,16). The van der Waals surface area contributed by atoms with Crippen molar-refractivity contribution in [2.24, 2.45) is 0 Å². The number of benzene rings is 1. The molecule has 0 amide bonds. The van der Waals surface area contributed by atoms with Gasteiger partial charge in [0.2, 0.25) is 0 Å². The minimum atomic E-state index is -0.941. The van der Waals surface area contributed by atoms with Crippen molar-refractivity contribution < 1.29 is 19.4 Å². The quantitative estimate of drug-likeness (QED) is 0.566. The van der Waals surface area contributed by atoms with Gasteiger partial charge in [-0.1, -0.05) is 0 Å². The van der Waals surface area contributed by atoms with E-state index in [-0.39, 0.29) is 5.56 Å². The van der Waals surface area contributed by atoms with Crippen LogP contribution in [0.25, 0.3) is 0 Å². The van der Waals surface area contributed by atoms with Crippen molar-refractivity contribution in [1.82, 2.24) is 0 Å². The first-order valence-electron chi connectivity index (χ1n) is 5.71. The average molecular weight is 248 g/mol. The Morgan fingerprint density at radius 1 is 1.22 bits per heavy atom. The van der Waals surface area contributed by atoms with Gasteiger partial charge in [-0.2, -0.15) is 0 Å². The van der Waals surface area contributed by atoms with Crippen LogP contribution in [0.15, 0.2) is 24.3 Å². The van der Waals surface area contributed by atoms with E-state index in [4.69, 9.17) is 21.0 Å². The molecule has 1 aromatic rings. The molecule has 0 spiro atoms. The molecule has 0 atom stereocenters. The van der Waals surface area contributed by atoms with Gasteiger partial charge in [0.1, 0.15) is 5.75 Å². The average Bonchev–Trinajstić information content (AvgIpc) is 2.38. The van der Waals surface area contributed by atoms with Gasteiger partial charge in [0, 0.05) is 19.4 Å². The van der Waals surface area contributed by atoms with E-state index in [9.17, 15) is 4.79 Å². The summed E-state index contributed by atoms with van der Waals surface area (Å²) < 4.78 is 10.7. The van der Waals surface area contributed by atoms with E-state index >= 15 is 0 Å². The molecule has 0 aromatic heterocycles. The van der Waals surface area contributed by atoms with Crippen LogP contribution < -0.4 is 4.74 Å². The maximum atomic E-state index is 10.6. The molecule has 0 radical (unpaired) electrons. The van der Waals surface area contributed by atoms with Crippen LogP contribution in [0.1, 0.15) is 23.2 Å². The molecule has 4 heteroatoms. The van der Waals surface area contributed by atoms with Gasteiger partial charge in [0.05, 0.1) is 18.8 Å². The number of carboxylic acid groups (broad SMARTS) is 1. The molecule has 0 aliphatic rings. The molecule has 0 saturated heterocycles. The molecular weight excluding hydrogens is 232 g/mol. The summed E-state index contributed by atoms with van der Waals surface area (Å²) in [5, 5.41) is 8.72. The monoisotopic (exact) mass is 248 g/mol. The fourth-order valence-corrected chi connectivity index (χ4v) is 1.28. The highest BCUT2D eigenvalue weighted by Crippen LogP contribution is 2.12. The van der Waals surface area contributed by atoms with E-state index in [1.807, 2.05) is 0 Å². The Labute approximate surface area is 107 Å². The third-order valence-corrected chi connectivity index (χ3v) is 2.19. The second-order valence-electron chi connectivity index (χ2n) is 3.60. The van der Waals surface area contributed by atoms with Gasteiger partial charge in [-0.05, 0) is 24.3 Å². The molecule has 0 fully saturated rings. The largest absolute Gasteiger partial charge is 0.494 e. The fourth-order valence-electron chi connectivity index (χ4n) is 1.28. The molecule has 96 valence electrons. The number of hydrogen-bond donors (Lipinski definition) is 1. The number of rotatable bonds is 8. The molecule has 0 heterocycles. The second-order valence-corrected chi connectivity index (χ2v) is 3.60. The Hall–Kier alpha value is -1.99. The van der Waals surface area contributed by atoms with Gasteiger partial charge in [-0.3, -0.25) is 0 Å². The van der Waals surface area contributed by atoms with Crippen molar-refractivity contribution in [3.63, 3.8) is 0 Å². The number of ether oxygens (including phenoxy) is 2. The SMILES string of the molecule is C#CCCOCCCOc1ccc(C(=O)O)cc1. The molecule has 1 N–H and O–H groups in total. The Kier molecular flexibility index (Phi) is 6.37. The Morgan fingerprint density at radius 2 is 1.94 bits per heavy atom. The first-order chi connectivity index (χ1) is 8.74. The maximum Gasteiger partial charge on any atom is 0.335 e. The number of hydrogen-bond acceptors (Lipinski definition) is 3. The van der Waals surface area contributed by atoms with Crippen LogP contribution in [0.5, 0.6) is 5.75 Å². The zero-order valence-corrected chi connectivity index (χ0v) is 10.1. The van der Waals surface area contributed by atoms with Crippen molar-refractivity contribution in [2.75, 3.05) is 19.8 Å². The van der Waals surface area contributed by atoms with Gasteiger partial charge in [-0.25, -0.2) is 4.79 Å². The van der Waals surface area contributed by atoms with Crippen molar-refractivity contribution in [3.05, 3.63) is 29.8 Å². The summed E-state index contributed by atoms with van der Waals surface area (Å²) in [6, 6.07) is 6.31. The van der Waals surface area contributed by atoms with Crippen molar-refractivity contribution in [3.8, 4) is 18.1 Å². The Balaban J connectivity index is 2.16. The highest BCUT2D eigenvalue weighted by Gasteiger charge is 2.01. The summed E-state index contributed by atoms with van der Waals surface area (Å²) in [7, 11) is 0. The van der Waals surface area contributed by atoms with Gasteiger partial charge < -0.3 is 14.6 Å². The van der Waals surface area contributed by atoms with Crippen molar-refractivity contribution >= 4 is 5.97 Å². The number of aromatic carboxylic acids is 1. The molecule has 0 saturated carbocycles. The molecule has 0 bridgehead atoms. The summed E-state index contributed by atoms with van der Waals surface area (Å²) in [6.45, 7) is 1.71. The van der Waals surface area contributed by atoms with Crippen LogP contribution in [0.2, 0.25) is 0 Å². The van der Waals surface area contributed by atoms with E-state index in [2.05, 4.69) is 5.92 Å². The minimum absolute atomic E-state index is 0.250. The molecule has 1 aromatic carbocycles. The summed E-state index contributed by atoms with van der Waals surface area (Å²) in [6.07, 6.45) is 6.47. The highest BCUT2D eigenvalue weighted by molar-refractivity contribution is 5.87. The normalized spacial score (nSPS) is 9.72. The topological polar surface area (TPSA) is 55.8 Å². The van der Waals surface area contributed by atoms with E-state index in [1.165, 1.54) is 12.1 Å². The van der Waals surface area contributed by atoms with E-state index in [0.717, 1.165) is 6.42 Å². The molecule has 0 aliphatic carbocycles.